The fourth-order valence-electron chi connectivity index (χ4n) is 2.70. The fraction of sp³-hybridized carbons (Fsp3) is 0.263. The van der Waals surface area contributed by atoms with Crippen LogP contribution in [-0.4, -0.2) is 25.4 Å². The van der Waals surface area contributed by atoms with Gasteiger partial charge in [0, 0.05) is 24.5 Å². The summed E-state index contributed by atoms with van der Waals surface area (Å²) < 4.78 is 2.04. The lowest BCUT2D eigenvalue weighted by Gasteiger charge is -2.12. The van der Waals surface area contributed by atoms with E-state index in [1.807, 2.05) is 34.9 Å². The summed E-state index contributed by atoms with van der Waals surface area (Å²) in [7, 11) is 0. The summed E-state index contributed by atoms with van der Waals surface area (Å²) in [6.45, 7) is 5.51. The van der Waals surface area contributed by atoms with Gasteiger partial charge in [-0.15, -0.1) is 0 Å². The van der Waals surface area contributed by atoms with Crippen LogP contribution in [0.4, 0.5) is 5.95 Å². The molecule has 0 unspecified atom stereocenters. The molecular formula is C19H22N6O. The molecule has 0 saturated heterocycles. The molecule has 2 aromatic heterocycles. The van der Waals surface area contributed by atoms with Gasteiger partial charge in [-0.2, -0.15) is 0 Å². The van der Waals surface area contributed by atoms with Crippen molar-refractivity contribution in [2.24, 2.45) is 5.92 Å². The molecule has 0 atom stereocenters. The quantitative estimate of drug-likeness (QED) is 0.712. The number of nitrogen functional groups attached to an aromatic ring is 1. The Morgan fingerprint density at radius 3 is 2.73 bits per heavy atom. The zero-order valence-electron chi connectivity index (χ0n) is 14.9. The van der Waals surface area contributed by atoms with Gasteiger partial charge < -0.3 is 15.6 Å². The summed E-state index contributed by atoms with van der Waals surface area (Å²) in [5.74, 6) is 0.380. The van der Waals surface area contributed by atoms with Gasteiger partial charge >= 0.3 is 0 Å². The number of aromatic nitrogens is 4. The first-order chi connectivity index (χ1) is 12.5. The highest BCUT2D eigenvalue weighted by molar-refractivity contribution is 5.99. The first-order valence-electron chi connectivity index (χ1n) is 8.49. The Bertz CT molecular complexity index is 888. The van der Waals surface area contributed by atoms with E-state index in [2.05, 4.69) is 34.1 Å². The molecule has 0 fully saturated rings. The average Bonchev–Trinajstić information content (AvgIpc) is 3.06. The van der Waals surface area contributed by atoms with Gasteiger partial charge in [-0.25, -0.2) is 15.0 Å². The van der Waals surface area contributed by atoms with Crippen molar-refractivity contribution in [2.45, 2.75) is 26.9 Å². The van der Waals surface area contributed by atoms with E-state index in [1.165, 1.54) is 6.20 Å². The number of carbonyl (C=O) groups is 1. The molecule has 0 saturated carbocycles. The smallest absolute Gasteiger partial charge is 0.255 e. The molecule has 0 aliphatic carbocycles. The van der Waals surface area contributed by atoms with Crippen molar-refractivity contribution in [3.63, 3.8) is 0 Å². The van der Waals surface area contributed by atoms with Crippen molar-refractivity contribution < 1.29 is 4.79 Å². The number of hydrogen-bond donors (Lipinski definition) is 2. The second-order valence-electron chi connectivity index (χ2n) is 6.47. The van der Waals surface area contributed by atoms with Gasteiger partial charge in [0.2, 0.25) is 5.95 Å². The summed E-state index contributed by atoms with van der Waals surface area (Å²) in [6.07, 6.45) is 5.01. The number of nitrogens with two attached hydrogens (primary N) is 1. The molecule has 0 spiro atoms. The number of nitrogens with zero attached hydrogens (tertiary/aromatic N) is 4. The van der Waals surface area contributed by atoms with E-state index < -0.39 is 0 Å². The topological polar surface area (TPSA) is 98.7 Å². The Hall–Kier alpha value is -3.22. The third-order valence-electron chi connectivity index (χ3n) is 3.89. The summed E-state index contributed by atoms with van der Waals surface area (Å²) in [4.78, 5) is 25.1. The average molecular weight is 350 g/mol. The lowest BCUT2D eigenvalue weighted by atomic mass is 10.1. The maximum absolute atomic E-state index is 12.7. The highest BCUT2D eigenvalue weighted by Gasteiger charge is 2.16. The number of nitrogens with one attached hydrogen (secondary N) is 1. The van der Waals surface area contributed by atoms with E-state index in [1.54, 1.807) is 12.5 Å². The van der Waals surface area contributed by atoms with Crippen LogP contribution in [-0.2, 0) is 13.1 Å². The SMILES string of the molecule is CC(C)Cn1cncc1CNC(=O)c1cnc(N)nc1-c1ccccc1. The van der Waals surface area contributed by atoms with Gasteiger partial charge in [0.15, 0.2) is 0 Å². The van der Waals surface area contributed by atoms with Gasteiger partial charge in [-0.3, -0.25) is 4.79 Å². The molecule has 134 valence electrons. The van der Waals surface area contributed by atoms with Gasteiger partial charge in [-0.1, -0.05) is 44.2 Å². The largest absolute Gasteiger partial charge is 0.368 e. The Kier molecular flexibility index (Phi) is 5.26. The lowest BCUT2D eigenvalue weighted by Crippen LogP contribution is -2.25. The van der Waals surface area contributed by atoms with Crippen LogP contribution in [0.5, 0.6) is 0 Å². The molecule has 3 aromatic rings. The zero-order valence-corrected chi connectivity index (χ0v) is 14.9. The predicted octanol–water partition coefficient (Wildman–Crippen LogP) is 2.51. The molecule has 26 heavy (non-hydrogen) atoms. The van der Waals surface area contributed by atoms with Crippen LogP contribution >= 0.6 is 0 Å². The van der Waals surface area contributed by atoms with Crippen LogP contribution in [0.2, 0.25) is 0 Å². The molecule has 3 N–H and O–H groups in total. The Morgan fingerprint density at radius 1 is 1.23 bits per heavy atom. The van der Waals surface area contributed by atoms with Crippen molar-refractivity contribution in [3.8, 4) is 11.3 Å². The van der Waals surface area contributed by atoms with Crippen molar-refractivity contribution in [3.05, 3.63) is 60.3 Å². The van der Waals surface area contributed by atoms with E-state index in [4.69, 9.17) is 5.73 Å². The normalized spacial score (nSPS) is 10.9. The monoisotopic (exact) mass is 350 g/mol. The minimum absolute atomic E-state index is 0.135. The Labute approximate surface area is 152 Å². The second kappa shape index (κ2) is 7.77. The number of rotatable bonds is 6. The minimum Gasteiger partial charge on any atom is -0.368 e. The van der Waals surface area contributed by atoms with Gasteiger partial charge in [0.05, 0.1) is 29.8 Å². The third-order valence-corrected chi connectivity index (χ3v) is 3.89. The predicted molar refractivity (Wildman–Crippen MR) is 100 cm³/mol. The number of carbonyl (C=O) groups excluding carboxylic acids is 1. The standard InChI is InChI=1S/C19H22N6O/c1-13(2)11-25-12-21-8-15(25)9-22-18(26)16-10-23-19(20)24-17(16)14-6-4-3-5-7-14/h3-8,10,12-13H,9,11H2,1-2H3,(H,22,26)(H2,20,23,24). The van der Waals surface area contributed by atoms with Crippen LogP contribution < -0.4 is 11.1 Å². The van der Waals surface area contributed by atoms with E-state index in [-0.39, 0.29) is 11.9 Å². The van der Waals surface area contributed by atoms with Crippen molar-refractivity contribution >= 4 is 11.9 Å². The summed E-state index contributed by atoms with van der Waals surface area (Å²) in [5, 5.41) is 2.92. The van der Waals surface area contributed by atoms with E-state index >= 15 is 0 Å². The third kappa shape index (κ3) is 4.05. The maximum atomic E-state index is 12.7. The highest BCUT2D eigenvalue weighted by Crippen LogP contribution is 2.21. The van der Waals surface area contributed by atoms with Crippen LogP contribution in [0.3, 0.4) is 0 Å². The number of amides is 1. The fourth-order valence-corrected chi connectivity index (χ4v) is 2.70. The van der Waals surface area contributed by atoms with Crippen LogP contribution in [0, 0.1) is 5.92 Å². The maximum Gasteiger partial charge on any atom is 0.255 e. The molecule has 7 heteroatoms. The number of anilines is 1. The molecule has 0 aliphatic rings. The number of hydrogen-bond acceptors (Lipinski definition) is 5. The first kappa shape index (κ1) is 17.6. The van der Waals surface area contributed by atoms with Crippen LogP contribution in [0.1, 0.15) is 29.9 Å². The summed E-state index contributed by atoms with van der Waals surface area (Å²) in [6, 6.07) is 9.45. The van der Waals surface area contributed by atoms with Gasteiger partial charge in [0.25, 0.3) is 5.91 Å². The summed E-state index contributed by atoms with van der Waals surface area (Å²) >= 11 is 0. The molecule has 0 radical (unpaired) electrons. The Morgan fingerprint density at radius 2 is 2.00 bits per heavy atom. The van der Waals surface area contributed by atoms with Crippen LogP contribution in [0.25, 0.3) is 11.3 Å². The second-order valence-corrected chi connectivity index (χ2v) is 6.47. The molecule has 1 aromatic carbocycles. The van der Waals surface area contributed by atoms with Gasteiger partial charge in [0.1, 0.15) is 0 Å². The highest BCUT2D eigenvalue weighted by atomic mass is 16.1. The minimum atomic E-state index is -0.249. The zero-order chi connectivity index (χ0) is 18.5. The van der Waals surface area contributed by atoms with Gasteiger partial charge in [-0.05, 0) is 5.92 Å². The van der Waals surface area contributed by atoms with Crippen molar-refractivity contribution in [2.75, 3.05) is 5.73 Å². The van der Waals surface area contributed by atoms with Crippen LogP contribution in [0.15, 0.2) is 49.1 Å². The Balaban J connectivity index is 1.80. The number of imidazole rings is 1. The van der Waals surface area contributed by atoms with Crippen molar-refractivity contribution in [1.82, 2.24) is 24.8 Å². The molecular weight excluding hydrogens is 328 g/mol. The molecule has 0 bridgehead atoms. The molecule has 2 heterocycles. The van der Waals surface area contributed by atoms with E-state index in [0.29, 0.717) is 23.7 Å². The van der Waals surface area contributed by atoms with E-state index in [9.17, 15) is 4.79 Å². The number of benzene rings is 1. The van der Waals surface area contributed by atoms with Crippen molar-refractivity contribution in [1.29, 1.82) is 0 Å². The molecule has 3 rings (SSSR count). The lowest BCUT2D eigenvalue weighted by molar-refractivity contribution is 0.0950. The molecule has 0 aliphatic heterocycles. The summed E-state index contributed by atoms with van der Waals surface area (Å²) in [5.41, 5.74) is 8.39. The molecule has 1 amide bonds. The van der Waals surface area contributed by atoms with E-state index in [0.717, 1.165) is 17.8 Å². The first-order valence-corrected chi connectivity index (χ1v) is 8.49. The molecule has 7 nitrogen and oxygen atoms in total.